The third kappa shape index (κ3) is 3.86. The fraction of sp³-hybridized carbons (Fsp3) is 0.750. The van der Waals surface area contributed by atoms with Gasteiger partial charge in [-0.2, -0.15) is 0 Å². The number of hydrogen-bond donors (Lipinski definition) is 0. The van der Waals surface area contributed by atoms with Crippen LogP contribution < -0.4 is 4.90 Å². The van der Waals surface area contributed by atoms with Gasteiger partial charge in [-0.3, -0.25) is 0 Å². The molecule has 1 aliphatic carbocycles. The predicted molar refractivity (Wildman–Crippen MR) is 87.3 cm³/mol. The Labute approximate surface area is 132 Å². The molecule has 1 fully saturated rings. The molecule has 0 aromatic carbocycles. The SMILES string of the molecule is CCC(CC)N(CCOC)c1nc(C2CC2)nc(Cl)c1C. The summed E-state index contributed by atoms with van der Waals surface area (Å²) >= 11 is 6.35. The molecular weight excluding hydrogens is 286 g/mol. The average Bonchev–Trinajstić information content (AvgIpc) is 3.31. The van der Waals surface area contributed by atoms with E-state index in [1.54, 1.807) is 7.11 Å². The van der Waals surface area contributed by atoms with Gasteiger partial charge in [0.05, 0.1) is 6.61 Å². The van der Waals surface area contributed by atoms with Gasteiger partial charge in [-0.05, 0) is 32.6 Å². The molecule has 1 aliphatic rings. The van der Waals surface area contributed by atoms with Gasteiger partial charge in [0.25, 0.3) is 0 Å². The molecule has 0 spiro atoms. The first-order valence-electron chi connectivity index (χ1n) is 7.91. The summed E-state index contributed by atoms with van der Waals surface area (Å²) in [6.07, 6.45) is 4.53. The molecule has 0 N–H and O–H groups in total. The van der Waals surface area contributed by atoms with Gasteiger partial charge < -0.3 is 9.64 Å². The van der Waals surface area contributed by atoms with Crippen molar-refractivity contribution in [3.63, 3.8) is 0 Å². The molecule has 1 aromatic rings. The molecule has 0 radical (unpaired) electrons. The molecule has 5 heteroatoms. The van der Waals surface area contributed by atoms with Crippen LogP contribution in [0.1, 0.15) is 56.8 Å². The van der Waals surface area contributed by atoms with Gasteiger partial charge in [0.1, 0.15) is 16.8 Å². The molecule has 21 heavy (non-hydrogen) atoms. The topological polar surface area (TPSA) is 38.2 Å². The van der Waals surface area contributed by atoms with E-state index >= 15 is 0 Å². The summed E-state index contributed by atoms with van der Waals surface area (Å²) in [6, 6.07) is 0.455. The van der Waals surface area contributed by atoms with Gasteiger partial charge in [0.15, 0.2) is 0 Å². The number of anilines is 1. The fourth-order valence-electron chi connectivity index (χ4n) is 2.68. The molecule has 0 aliphatic heterocycles. The van der Waals surface area contributed by atoms with Crippen LogP contribution in [0.2, 0.25) is 5.15 Å². The van der Waals surface area contributed by atoms with Gasteiger partial charge in [-0.1, -0.05) is 25.4 Å². The highest BCUT2D eigenvalue weighted by atomic mass is 35.5. The van der Waals surface area contributed by atoms with E-state index in [1.165, 1.54) is 12.8 Å². The van der Waals surface area contributed by atoms with Crippen LogP contribution in [0.3, 0.4) is 0 Å². The molecule has 2 rings (SSSR count). The van der Waals surface area contributed by atoms with Crippen molar-refractivity contribution in [3.8, 4) is 0 Å². The smallest absolute Gasteiger partial charge is 0.137 e. The summed E-state index contributed by atoms with van der Waals surface area (Å²) in [5, 5.41) is 0.593. The van der Waals surface area contributed by atoms with Crippen molar-refractivity contribution in [1.29, 1.82) is 0 Å². The Bertz CT molecular complexity index is 473. The van der Waals surface area contributed by atoms with Gasteiger partial charge >= 0.3 is 0 Å². The minimum absolute atomic E-state index is 0.455. The molecule has 0 bridgehead atoms. The Morgan fingerprint density at radius 2 is 1.95 bits per heavy atom. The van der Waals surface area contributed by atoms with Gasteiger partial charge in [-0.15, -0.1) is 0 Å². The fourth-order valence-corrected chi connectivity index (χ4v) is 2.85. The van der Waals surface area contributed by atoms with Crippen LogP contribution in [-0.2, 0) is 4.74 Å². The average molecular weight is 312 g/mol. The number of halogens is 1. The van der Waals surface area contributed by atoms with E-state index in [9.17, 15) is 0 Å². The first kappa shape index (κ1) is 16.5. The van der Waals surface area contributed by atoms with Crippen LogP contribution in [0.25, 0.3) is 0 Å². The van der Waals surface area contributed by atoms with Gasteiger partial charge in [-0.25, -0.2) is 9.97 Å². The maximum absolute atomic E-state index is 6.35. The van der Waals surface area contributed by atoms with Crippen molar-refractivity contribution < 1.29 is 4.74 Å². The van der Waals surface area contributed by atoms with Crippen LogP contribution in [-0.4, -0.2) is 36.3 Å². The molecule has 4 nitrogen and oxygen atoms in total. The first-order valence-corrected chi connectivity index (χ1v) is 8.29. The van der Waals surface area contributed by atoms with E-state index < -0.39 is 0 Å². The normalized spacial score (nSPS) is 14.8. The lowest BCUT2D eigenvalue weighted by Crippen LogP contribution is -2.38. The van der Waals surface area contributed by atoms with E-state index in [-0.39, 0.29) is 0 Å². The second-order valence-electron chi connectivity index (χ2n) is 5.75. The van der Waals surface area contributed by atoms with Crippen molar-refractivity contribution >= 4 is 17.4 Å². The molecule has 1 heterocycles. The highest BCUT2D eigenvalue weighted by molar-refractivity contribution is 6.30. The summed E-state index contributed by atoms with van der Waals surface area (Å²) in [7, 11) is 1.74. The zero-order chi connectivity index (χ0) is 15.4. The zero-order valence-electron chi connectivity index (χ0n) is 13.5. The lowest BCUT2D eigenvalue weighted by atomic mass is 10.1. The monoisotopic (exact) mass is 311 g/mol. The molecule has 0 atom stereocenters. The Morgan fingerprint density at radius 3 is 2.48 bits per heavy atom. The van der Waals surface area contributed by atoms with Crippen LogP contribution in [0.4, 0.5) is 5.82 Å². The summed E-state index contributed by atoms with van der Waals surface area (Å²) in [5.41, 5.74) is 0.976. The van der Waals surface area contributed by atoms with Gasteiger partial charge in [0.2, 0.25) is 0 Å². The van der Waals surface area contributed by atoms with Crippen LogP contribution in [0.15, 0.2) is 0 Å². The molecule has 0 unspecified atom stereocenters. The van der Waals surface area contributed by atoms with Crippen molar-refractivity contribution in [1.82, 2.24) is 9.97 Å². The quantitative estimate of drug-likeness (QED) is 0.681. The third-order valence-corrected chi connectivity index (χ3v) is 4.58. The first-order chi connectivity index (χ1) is 10.1. The maximum atomic E-state index is 6.35. The Hall–Kier alpha value is -0.870. The lowest BCUT2D eigenvalue weighted by Gasteiger charge is -2.33. The minimum Gasteiger partial charge on any atom is -0.383 e. The van der Waals surface area contributed by atoms with Gasteiger partial charge in [0, 0.05) is 31.2 Å². The van der Waals surface area contributed by atoms with E-state index in [2.05, 4.69) is 23.7 Å². The second-order valence-corrected chi connectivity index (χ2v) is 6.11. The van der Waals surface area contributed by atoms with E-state index in [1.807, 2.05) is 6.92 Å². The number of hydrogen-bond acceptors (Lipinski definition) is 4. The number of ether oxygens (including phenoxy) is 1. The molecule has 1 aromatic heterocycles. The van der Waals surface area contributed by atoms with Crippen molar-refractivity contribution in [2.75, 3.05) is 25.2 Å². The van der Waals surface area contributed by atoms with Crippen LogP contribution in [0.5, 0.6) is 0 Å². The van der Waals surface area contributed by atoms with Crippen LogP contribution >= 0.6 is 11.6 Å². The summed E-state index contributed by atoms with van der Waals surface area (Å²) in [6.45, 7) is 7.97. The molecule has 118 valence electrons. The Balaban J connectivity index is 2.36. The van der Waals surface area contributed by atoms with Crippen molar-refractivity contribution in [2.24, 2.45) is 0 Å². The maximum Gasteiger partial charge on any atom is 0.137 e. The Morgan fingerprint density at radius 1 is 1.29 bits per heavy atom. The zero-order valence-corrected chi connectivity index (χ0v) is 14.3. The number of rotatable bonds is 8. The molecule has 1 saturated carbocycles. The standard InChI is InChI=1S/C16H26ClN3O/c1-5-13(6-2)20(9-10-21-4)16-11(3)14(17)18-15(19-16)12-7-8-12/h12-13H,5-10H2,1-4H3. The van der Waals surface area contributed by atoms with Crippen molar-refractivity contribution in [2.45, 2.75) is 58.4 Å². The number of aromatic nitrogens is 2. The van der Waals surface area contributed by atoms with Crippen molar-refractivity contribution in [3.05, 3.63) is 16.5 Å². The molecule has 0 amide bonds. The highest BCUT2D eigenvalue weighted by Crippen LogP contribution is 2.40. The second kappa shape index (κ2) is 7.41. The van der Waals surface area contributed by atoms with Crippen LogP contribution in [0, 0.1) is 6.92 Å². The minimum atomic E-state index is 0.455. The number of nitrogens with zero attached hydrogens (tertiary/aromatic N) is 3. The number of methoxy groups -OCH3 is 1. The predicted octanol–water partition coefficient (Wildman–Crippen LogP) is 3.96. The Kier molecular flexibility index (Phi) is 5.82. The molecule has 0 saturated heterocycles. The summed E-state index contributed by atoms with van der Waals surface area (Å²) in [4.78, 5) is 11.7. The van der Waals surface area contributed by atoms with E-state index in [0.29, 0.717) is 23.7 Å². The summed E-state index contributed by atoms with van der Waals surface area (Å²) in [5.74, 6) is 2.41. The van der Waals surface area contributed by atoms with E-state index in [4.69, 9.17) is 21.3 Å². The molecular formula is C16H26ClN3O. The highest BCUT2D eigenvalue weighted by Gasteiger charge is 2.29. The van der Waals surface area contributed by atoms with E-state index in [0.717, 1.165) is 36.6 Å². The third-order valence-electron chi connectivity index (χ3n) is 4.21. The lowest BCUT2D eigenvalue weighted by molar-refractivity contribution is 0.202. The largest absolute Gasteiger partial charge is 0.383 e. The summed E-state index contributed by atoms with van der Waals surface area (Å²) < 4.78 is 5.28.